The molecule has 9 heteroatoms. The molecule has 1 amide bonds. The summed E-state index contributed by atoms with van der Waals surface area (Å²) in [7, 11) is 4.62. The van der Waals surface area contributed by atoms with E-state index in [-0.39, 0.29) is 5.56 Å². The summed E-state index contributed by atoms with van der Waals surface area (Å²) in [6.07, 6.45) is -1.05. The van der Waals surface area contributed by atoms with Gasteiger partial charge in [-0.15, -0.1) is 0 Å². The number of hydrogen-bond acceptors (Lipinski definition) is 7. The minimum absolute atomic E-state index is 0.266. The van der Waals surface area contributed by atoms with Gasteiger partial charge in [0.25, 0.3) is 5.91 Å². The molecule has 1 N–H and O–H groups in total. The molecule has 4 aromatic rings. The molecule has 0 fully saturated rings. The Morgan fingerprint density at radius 1 is 0.972 bits per heavy atom. The maximum Gasteiger partial charge on any atom is 0.344 e. The van der Waals surface area contributed by atoms with Crippen molar-refractivity contribution >= 4 is 38.5 Å². The van der Waals surface area contributed by atoms with Gasteiger partial charge in [0.15, 0.2) is 17.6 Å². The number of carbonyl (C=O) groups excluding carboxylic acids is 1. The number of para-hydroxylation sites is 1. The Hall–Kier alpha value is -3.98. The van der Waals surface area contributed by atoms with E-state index in [0.717, 1.165) is 0 Å². The van der Waals surface area contributed by atoms with Crippen molar-refractivity contribution in [3.63, 3.8) is 0 Å². The van der Waals surface area contributed by atoms with E-state index in [9.17, 15) is 9.59 Å². The van der Waals surface area contributed by atoms with Crippen molar-refractivity contribution < 1.29 is 28.2 Å². The van der Waals surface area contributed by atoms with E-state index in [4.69, 9.17) is 23.4 Å². The molecule has 0 saturated heterocycles. The third-order valence-corrected chi connectivity index (χ3v) is 6.68. The van der Waals surface area contributed by atoms with Crippen molar-refractivity contribution in [2.24, 2.45) is 0 Å². The number of benzene rings is 3. The molecule has 0 saturated carbocycles. The number of ether oxygens (including phenoxy) is 4. The normalized spacial score (nSPS) is 16.2. The Morgan fingerprint density at radius 2 is 1.72 bits per heavy atom. The van der Waals surface area contributed by atoms with Crippen LogP contribution in [-0.4, -0.2) is 33.3 Å². The molecule has 0 aliphatic carbocycles. The molecule has 5 rings (SSSR count). The summed E-state index contributed by atoms with van der Waals surface area (Å²) in [5, 5.41) is 3.49. The molecule has 0 spiro atoms. The monoisotopic (exact) mass is 551 g/mol. The van der Waals surface area contributed by atoms with E-state index in [1.807, 2.05) is 6.07 Å². The molecular formula is C27H22BrNO7. The van der Waals surface area contributed by atoms with E-state index in [1.54, 1.807) is 61.7 Å². The fourth-order valence-corrected chi connectivity index (χ4v) is 5.05. The van der Waals surface area contributed by atoms with Crippen LogP contribution in [0.3, 0.4) is 0 Å². The van der Waals surface area contributed by atoms with Crippen LogP contribution >= 0.6 is 15.9 Å². The standard InChI is InChI=1S/C27H22BrNO7/c1-32-16-10-8-15(9-11-16)29-26(30)25-21(14-12-18(28)24(34-3)20(13-14)33-2)22-23(36-25)17-6-4-5-7-19(17)35-27(22)31/h4-13,21,25H,1-3H3,(H,29,30)/t21-,25+/m0/s1. The molecule has 2 heterocycles. The average Bonchev–Trinajstić information content (AvgIpc) is 3.30. The van der Waals surface area contributed by atoms with Crippen molar-refractivity contribution in [3.05, 3.63) is 86.7 Å². The lowest BCUT2D eigenvalue weighted by Gasteiger charge is -2.20. The maximum atomic E-state index is 13.6. The highest BCUT2D eigenvalue weighted by atomic mass is 79.9. The first kappa shape index (κ1) is 23.7. The quantitative estimate of drug-likeness (QED) is 0.332. The molecule has 8 nitrogen and oxygen atoms in total. The topological polar surface area (TPSA) is 96.2 Å². The highest BCUT2D eigenvalue weighted by Crippen LogP contribution is 2.47. The molecule has 1 aliphatic rings. The van der Waals surface area contributed by atoms with Crippen molar-refractivity contribution in [3.8, 4) is 23.0 Å². The predicted molar refractivity (Wildman–Crippen MR) is 138 cm³/mol. The number of nitrogens with one attached hydrogen (secondary N) is 1. The van der Waals surface area contributed by atoms with Crippen LogP contribution in [0.4, 0.5) is 5.69 Å². The summed E-state index contributed by atoms with van der Waals surface area (Å²) in [6.45, 7) is 0. The van der Waals surface area contributed by atoms with E-state index in [0.29, 0.717) is 49.7 Å². The first-order chi connectivity index (χ1) is 17.4. The minimum atomic E-state index is -1.05. The molecule has 2 atom stereocenters. The Kier molecular flexibility index (Phi) is 6.32. The Balaban J connectivity index is 1.65. The number of methoxy groups -OCH3 is 3. The zero-order valence-electron chi connectivity index (χ0n) is 19.7. The molecule has 36 heavy (non-hydrogen) atoms. The Labute approximate surface area is 214 Å². The summed E-state index contributed by atoms with van der Waals surface area (Å²) in [5.74, 6) is 0.730. The number of anilines is 1. The molecule has 1 aromatic heterocycles. The number of halogens is 1. The lowest BCUT2D eigenvalue weighted by atomic mass is 9.88. The highest BCUT2D eigenvalue weighted by molar-refractivity contribution is 9.10. The van der Waals surface area contributed by atoms with E-state index >= 15 is 0 Å². The van der Waals surface area contributed by atoms with Gasteiger partial charge in [-0.05, 0) is 70.0 Å². The van der Waals surface area contributed by atoms with Crippen LogP contribution < -0.4 is 29.9 Å². The largest absolute Gasteiger partial charge is 0.497 e. The van der Waals surface area contributed by atoms with Gasteiger partial charge >= 0.3 is 5.63 Å². The van der Waals surface area contributed by atoms with Crippen molar-refractivity contribution in [1.82, 2.24) is 0 Å². The lowest BCUT2D eigenvalue weighted by Crippen LogP contribution is -2.35. The molecule has 184 valence electrons. The first-order valence-corrected chi connectivity index (χ1v) is 11.8. The van der Waals surface area contributed by atoms with Gasteiger partial charge in [0, 0.05) is 5.69 Å². The van der Waals surface area contributed by atoms with Crippen molar-refractivity contribution in [2.45, 2.75) is 12.0 Å². The van der Waals surface area contributed by atoms with Gasteiger partial charge in [0.05, 0.1) is 42.7 Å². The number of hydrogen-bond donors (Lipinski definition) is 1. The summed E-state index contributed by atoms with van der Waals surface area (Å²) >= 11 is 3.51. The molecule has 1 aliphatic heterocycles. The van der Waals surface area contributed by atoms with Crippen LogP contribution in [0.15, 0.2) is 74.3 Å². The third-order valence-electron chi connectivity index (χ3n) is 6.09. The van der Waals surface area contributed by atoms with Gasteiger partial charge < -0.3 is 28.7 Å². The van der Waals surface area contributed by atoms with Crippen LogP contribution in [0, 0.1) is 0 Å². The number of carbonyl (C=O) groups is 1. The van der Waals surface area contributed by atoms with Gasteiger partial charge in [-0.25, -0.2) is 4.79 Å². The SMILES string of the molecule is COc1ccc(NC(=O)[C@@H]2Oc3c(c(=O)oc4ccccc34)[C@@H]2c2cc(Br)c(OC)c(OC)c2)cc1. The summed E-state index contributed by atoms with van der Waals surface area (Å²) in [5.41, 5.74) is 1.26. The average molecular weight is 552 g/mol. The predicted octanol–water partition coefficient (Wildman–Crippen LogP) is 5.11. The number of rotatable bonds is 6. The van der Waals surface area contributed by atoms with Gasteiger partial charge in [0.1, 0.15) is 17.1 Å². The highest BCUT2D eigenvalue weighted by Gasteiger charge is 2.44. The molecule has 0 bridgehead atoms. The fourth-order valence-electron chi connectivity index (χ4n) is 4.43. The zero-order chi connectivity index (χ0) is 25.4. The smallest absolute Gasteiger partial charge is 0.344 e. The maximum absolute atomic E-state index is 13.6. The molecule has 3 aromatic carbocycles. The van der Waals surface area contributed by atoms with Crippen LogP contribution in [0.1, 0.15) is 17.0 Å². The van der Waals surface area contributed by atoms with E-state index in [2.05, 4.69) is 21.2 Å². The van der Waals surface area contributed by atoms with Gasteiger partial charge in [0.2, 0.25) is 0 Å². The lowest BCUT2D eigenvalue weighted by molar-refractivity contribution is -0.122. The van der Waals surface area contributed by atoms with Crippen LogP contribution in [-0.2, 0) is 4.79 Å². The van der Waals surface area contributed by atoms with Gasteiger partial charge in [-0.2, -0.15) is 0 Å². The first-order valence-electron chi connectivity index (χ1n) is 11.0. The third kappa shape index (κ3) is 4.05. The Morgan fingerprint density at radius 3 is 2.42 bits per heavy atom. The Bertz CT molecular complexity index is 1510. The van der Waals surface area contributed by atoms with Crippen LogP contribution in [0.2, 0.25) is 0 Å². The minimum Gasteiger partial charge on any atom is -0.497 e. The van der Waals surface area contributed by atoms with Gasteiger partial charge in [-0.1, -0.05) is 12.1 Å². The van der Waals surface area contributed by atoms with E-state index < -0.39 is 23.6 Å². The van der Waals surface area contributed by atoms with E-state index in [1.165, 1.54) is 14.2 Å². The van der Waals surface area contributed by atoms with Crippen molar-refractivity contribution in [2.75, 3.05) is 26.6 Å². The molecule has 0 unspecified atom stereocenters. The zero-order valence-corrected chi connectivity index (χ0v) is 21.2. The molecule has 0 radical (unpaired) electrons. The fraction of sp³-hybridized carbons (Fsp3) is 0.185. The van der Waals surface area contributed by atoms with Crippen molar-refractivity contribution in [1.29, 1.82) is 0 Å². The summed E-state index contributed by atoms with van der Waals surface area (Å²) < 4.78 is 28.6. The van der Waals surface area contributed by atoms with Gasteiger partial charge in [-0.3, -0.25) is 4.79 Å². The second kappa shape index (κ2) is 9.58. The summed E-state index contributed by atoms with van der Waals surface area (Å²) in [6, 6.07) is 17.5. The second-order valence-electron chi connectivity index (χ2n) is 8.10. The number of amides is 1. The number of fused-ring (bicyclic) bond motifs is 3. The summed E-state index contributed by atoms with van der Waals surface area (Å²) in [4.78, 5) is 26.8. The second-order valence-corrected chi connectivity index (χ2v) is 8.95. The van der Waals surface area contributed by atoms with Crippen LogP contribution in [0.25, 0.3) is 11.0 Å². The van der Waals surface area contributed by atoms with Crippen LogP contribution in [0.5, 0.6) is 23.0 Å². The molecular weight excluding hydrogens is 530 g/mol.